The fraction of sp³-hybridized carbons (Fsp3) is 0.929. The minimum Gasteiger partial charge on any atom is -0.378 e. The van der Waals surface area contributed by atoms with Gasteiger partial charge in [-0.2, -0.15) is 0 Å². The standard InChI is InChI=1S/C14H26N2OS/c1-10-9-11(5-7-17-10)15-13-16-12(6-8-18-13)14(2,3)4/h10-12H,5-9H2,1-4H3,(H,15,16). The molecule has 104 valence electrons. The number of thioether (sulfide) groups is 1. The molecule has 0 amide bonds. The van der Waals surface area contributed by atoms with E-state index in [1.165, 1.54) is 12.2 Å². The lowest BCUT2D eigenvalue weighted by atomic mass is 9.85. The minimum absolute atomic E-state index is 0.275. The lowest BCUT2D eigenvalue weighted by molar-refractivity contribution is 0.0168. The van der Waals surface area contributed by atoms with Gasteiger partial charge in [-0.1, -0.05) is 32.5 Å². The third-order valence-corrected chi connectivity index (χ3v) is 4.65. The van der Waals surface area contributed by atoms with Gasteiger partial charge in [-0.25, -0.2) is 0 Å². The molecule has 0 bridgehead atoms. The minimum atomic E-state index is 0.275. The Morgan fingerprint density at radius 2 is 2.11 bits per heavy atom. The van der Waals surface area contributed by atoms with Crippen molar-refractivity contribution in [2.24, 2.45) is 10.4 Å². The monoisotopic (exact) mass is 270 g/mol. The highest BCUT2D eigenvalue weighted by Gasteiger charge is 2.28. The van der Waals surface area contributed by atoms with Gasteiger partial charge in [0, 0.05) is 18.4 Å². The molecule has 2 rings (SSSR count). The molecule has 0 aliphatic carbocycles. The van der Waals surface area contributed by atoms with Crippen molar-refractivity contribution in [2.45, 2.75) is 65.1 Å². The van der Waals surface area contributed by atoms with Crippen LogP contribution in [0.15, 0.2) is 4.99 Å². The summed E-state index contributed by atoms with van der Waals surface area (Å²) in [4.78, 5) is 4.90. The van der Waals surface area contributed by atoms with Crippen LogP contribution in [0.4, 0.5) is 0 Å². The lowest BCUT2D eigenvalue weighted by Gasteiger charge is -2.33. The molecular formula is C14H26N2OS. The van der Waals surface area contributed by atoms with Gasteiger partial charge in [0.2, 0.25) is 0 Å². The molecule has 0 aromatic rings. The average molecular weight is 270 g/mol. The number of nitrogens with zero attached hydrogens (tertiary/aromatic N) is 1. The third kappa shape index (κ3) is 3.89. The molecule has 4 heteroatoms. The second-order valence-electron chi connectivity index (χ2n) is 6.50. The van der Waals surface area contributed by atoms with Crippen LogP contribution in [0.5, 0.6) is 0 Å². The summed E-state index contributed by atoms with van der Waals surface area (Å²) in [5.41, 5.74) is 0.275. The first kappa shape index (κ1) is 14.2. The Labute approximate surface area is 115 Å². The van der Waals surface area contributed by atoms with Gasteiger partial charge in [-0.15, -0.1) is 0 Å². The van der Waals surface area contributed by atoms with E-state index in [1.54, 1.807) is 0 Å². The predicted octanol–water partition coefficient (Wildman–Crippen LogP) is 3.05. The average Bonchev–Trinajstić information content (AvgIpc) is 2.28. The van der Waals surface area contributed by atoms with Crippen molar-refractivity contribution in [1.29, 1.82) is 0 Å². The van der Waals surface area contributed by atoms with Crippen LogP contribution in [-0.2, 0) is 4.74 Å². The molecule has 1 N–H and O–H groups in total. The molecule has 18 heavy (non-hydrogen) atoms. The zero-order valence-corrected chi connectivity index (χ0v) is 12.8. The summed E-state index contributed by atoms with van der Waals surface area (Å²) in [7, 11) is 0. The van der Waals surface area contributed by atoms with Crippen molar-refractivity contribution in [1.82, 2.24) is 5.32 Å². The van der Waals surface area contributed by atoms with Crippen LogP contribution < -0.4 is 5.32 Å². The SMILES string of the molecule is CC1CC(NC2=NC(C(C)(C)C)CCS2)CCO1. The highest BCUT2D eigenvalue weighted by molar-refractivity contribution is 8.13. The van der Waals surface area contributed by atoms with Crippen LogP contribution in [0.2, 0.25) is 0 Å². The highest BCUT2D eigenvalue weighted by atomic mass is 32.2. The molecule has 0 saturated carbocycles. The zero-order valence-electron chi connectivity index (χ0n) is 12.0. The van der Waals surface area contributed by atoms with Crippen molar-refractivity contribution < 1.29 is 4.74 Å². The smallest absolute Gasteiger partial charge is 0.157 e. The van der Waals surface area contributed by atoms with Gasteiger partial charge in [0.1, 0.15) is 0 Å². The summed E-state index contributed by atoms with van der Waals surface area (Å²) >= 11 is 1.88. The van der Waals surface area contributed by atoms with Gasteiger partial charge >= 0.3 is 0 Å². The van der Waals surface area contributed by atoms with E-state index < -0.39 is 0 Å². The number of hydrogen-bond donors (Lipinski definition) is 1. The second-order valence-corrected chi connectivity index (χ2v) is 7.58. The Morgan fingerprint density at radius 1 is 1.33 bits per heavy atom. The maximum absolute atomic E-state index is 5.59. The first-order valence-electron chi connectivity index (χ1n) is 7.04. The summed E-state index contributed by atoms with van der Waals surface area (Å²) in [6.45, 7) is 9.88. The molecule has 1 saturated heterocycles. The van der Waals surface area contributed by atoms with Crippen LogP contribution in [0.1, 0.15) is 47.0 Å². The molecule has 2 aliphatic heterocycles. The van der Waals surface area contributed by atoms with E-state index in [0.717, 1.165) is 24.6 Å². The van der Waals surface area contributed by atoms with E-state index in [9.17, 15) is 0 Å². The topological polar surface area (TPSA) is 33.6 Å². The Kier molecular flexibility index (Phi) is 4.59. The maximum atomic E-state index is 5.59. The molecular weight excluding hydrogens is 244 g/mol. The maximum Gasteiger partial charge on any atom is 0.157 e. The van der Waals surface area contributed by atoms with Gasteiger partial charge in [-0.3, -0.25) is 4.99 Å². The molecule has 1 fully saturated rings. The van der Waals surface area contributed by atoms with Crippen LogP contribution in [-0.4, -0.2) is 35.7 Å². The number of rotatable bonds is 1. The van der Waals surface area contributed by atoms with Crippen LogP contribution in [0.25, 0.3) is 0 Å². The summed E-state index contributed by atoms with van der Waals surface area (Å²) in [6.07, 6.45) is 3.77. The molecule has 0 aromatic heterocycles. The zero-order chi connectivity index (χ0) is 13.2. The van der Waals surface area contributed by atoms with Crippen LogP contribution in [0.3, 0.4) is 0 Å². The van der Waals surface area contributed by atoms with E-state index in [-0.39, 0.29) is 5.41 Å². The number of nitrogens with one attached hydrogen (secondary N) is 1. The summed E-state index contributed by atoms with van der Waals surface area (Å²) in [5.74, 6) is 1.19. The Morgan fingerprint density at radius 3 is 2.78 bits per heavy atom. The summed E-state index contributed by atoms with van der Waals surface area (Å²) in [6, 6.07) is 0.997. The van der Waals surface area contributed by atoms with Gasteiger partial charge in [0.15, 0.2) is 5.17 Å². The molecule has 3 atom stereocenters. The third-order valence-electron chi connectivity index (χ3n) is 3.72. The van der Waals surface area contributed by atoms with Gasteiger partial charge < -0.3 is 10.1 Å². The van der Waals surface area contributed by atoms with E-state index in [1.807, 2.05) is 11.8 Å². The fourth-order valence-electron chi connectivity index (χ4n) is 2.52. The van der Waals surface area contributed by atoms with Crippen LogP contribution >= 0.6 is 11.8 Å². The van der Waals surface area contributed by atoms with Crippen molar-refractivity contribution in [3.8, 4) is 0 Å². The van der Waals surface area contributed by atoms with E-state index in [2.05, 4.69) is 33.0 Å². The van der Waals surface area contributed by atoms with Crippen molar-refractivity contribution in [2.75, 3.05) is 12.4 Å². The first-order chi connectivity index (χ1) is 8.45. The van der Waals surface area contributed by atoms with E-state index >= 15 is 0 Å². The number of aliphatic imine (C=N–C) groups is 1. The molecule has 0 spiro atoms. The fourth-order valence-corrected chi connectivity index (χ4v) is 3.51. The van der Waals surface area contributed by atoms with Crippen molar-refractivity contribution >= 4 is 16.9 Å². The molecule has 3 nitrogen and oxygen atoms in total. The van der Waals surface area contributed by atoms with Gasteiger partial charge in [-0.05, 0) is 31.6 Å². The van der Waals surface area contributed by atoms with Gasteiger partial charge in [0.25, 0.3) is 0 Å². The second kappa shape index (κ2) is 5.83. The Hall–Kier alpha value is -0.220. The molecule has 0 radical (unpaired) electrons. The van der Waals surface area contributed by atoms with E-state index in [4.69, 9.17) is 9.73 Å². The van der Waals surface area contributed by atoms with Crippen molar-refractivity contribution in [3.63, 3.8) is 0 Å². The normalized spacial score (nSPS) is 34.0. The Bertz CT molecular complexity index is 311. The van der Waals surface area contributed by atoms with Crippen molar-refractivity contribution in [3.05, 3.63) is 0 Å². The molecule has 3 unspecified atom stereocenters. The quantitative estimate of drug-likeness (QED) is 0.795. The summed E-state index contributed by atoms with van der Waals surface area (Å²) in [5, 5.41) is 4.78. The molecule has 0 aromatic carbocycles. The largest absolute Gasteiger partial charge is 0.378 e. The number of ether oxygens (including phenoxy) is 1. The lowest BCUT2D eigenvalue weighted by Crippen LogP contribution is -2.42. The van der Waals surface area contributed by atoms with Crippen LogP contribution in [0, 0.1) is 5.41 Å². The summed E-state index contributed by atoms with van der Waals surface area (Å²) < 4.78 is 5.59. The van der Waals surface area contributed by atoms with E-state index in [0.29, 0.717) is 18.2 Å². The highest BCUT2D eigenvalue weighted by Crippen LogP contribution is 2.30. The first-order valence-corrected chi connectivity index (χ1v) is 8.02. The predicted molar refractivity (Wildman–Crippen MR) is 79.3 cm³/mol. The Balaban J connectivity index is 1.94. The number of hydrogen-bond acceptors (Lipinski definition) is 4. The molecule has 2 heterocycles. The van der Waals surface area contributed by atoms with Gasteiger partial charge in [0.05, 0.1) is 12.1 Å². The number of amidine groups is 1. The molecule has 2 aliphatic rings.